The number of alkyl halides is 3. The van der Waals surface area contributed by atoms with Crippen molar-refractivity contribution in [2.24, 2.45) is 0 Å². The van der Waals surface area contributed by atoms with Gasteiger partial charge in [-0.2, -0.15) is 13.2 Å². The monoisotopic (exact) mass is 342 g/mol. The molecule has 0 heterocycles. The van der Waals surface area contributed by atoms with Crippen molar-refractivity contribution in [2.45, 2.75) is 20.0 Å². The van der Waals surface area contributed by atoms with E-state index in [-0.39, 0.29) is 17.9 Å². The van der Waals surface area contributed by atoms with Crippen LogP contribution < -0.4 is 10.2 Å². The number of carbonyl (C=O) groups is 2. The molecule has 8 heteroatoms. The van der Waals surface area contributed by atoms with E-state index in [0.29, 0.717) is 18.8 Å². The minimum Gasteiger partial charge on any atom is -0.449 e. The molecule has 1 N–H and O–H groups in total. The molecule has 0 bridgehead atoms. The molecule has 0 spiro atoms. The number of hydrogen-bond donors (Lipinski definition) is 1. The third-order valence-electron chi connectivity index (χ3n) is 3.12. The molecule has 1 amide bonds. The summed E-state index contributed by atoms with van der Waals surface area (Å²) in [5.41, 5.74) is 0.335. The van der Waals surface area contributed by atoms with E-state index in [4.69, 9.17) is 11.2 Å². The Morgan fingerprint density at radius 3 is 2.42 bits per heavy atom. The lowest BCUT2D eigenvalue weighted by molar-refractivity contribution is -0.167. The first kappa shape index (κ1) is 19.4. The zero-order chi connectivity index (χ0) is 18.3. The van der Waals surface area contributed by atoms with Gasteiger partial charge in [-0.15, -0.1) is 6.42 Å². The maximum Gasteiger partial charge on any atom is 0.471 e. The van der Waals surface area contributed by atoms with Crippen LogP contribution in [0.15, 0.2) is 18.2 Å². The van der Waals surface area contributed by atoms with Crippen molar-refractivity contribution in [1.82, 2.24) is 0 Å². The van der Waals surface area contributed by atoms with Gasteiger partial charge in [0.1, 0.15) is 0 Å². The number of nitrogens with one attached hydrogen (secondary N) is 1. The van der Waals surface area contributed by atoms with Gasteiger partial charge in [0.15, 0.2) is 6.61 Å². The largest absolute Gasteiger partial charge is 0.471 e. The molecule has 0 unspecified atom stereocenters. The third kappa shape index (κ3) is 4.91. The normalized spacial score (nSPS) is 10.7. The number of rotatable bonds is 6. The molecule has 1 rings (SSSR count). The summed E-state index contributed by atoms with van der Waals surface area (Å²) >= 11 is 0. The van der Waals surface area contributed by atoms with Crippen LogP contribution in [0.2, 0.25) is 0 Å². The Balaban J connectivity index is 3.22. The standard InChI is InChI=1S/C16H17F3N2O3/c1-4-9-24-14(22)12-10-11(20-15(23)16(17,18)19)7-8-13(12)21(5-2)6-3/h1,7-8,10H,5-6,9H2,2-3H3,(H,20,23). The van der Waals surface area contributed by atoms with Gasteiger partial charge >= 0.3 is 18.1 Å². The predicted molar refractivity (Wildman–Crippen MR) is 83.8 cm³/mol. The van der Waals surface area contributed by atoms with Gasteiger partial charge in [0.05, 0.1) is 11.3 Å². The van der Waals surface area contributed by atoms with Crippen molar-refractivity contribution < 1.29 is 27.5 Å². The van der Waals surface area contributed by atoms with Crippen LogP contribution in [0.3, 0.4) is 0 Å². The highest BCUT2D eigenvalue weighted by Crippen LogP contribution is 2.26. The summed E-state index contributed by atoms with van der Waals surface area (Å²) in [5, 5.41) is 1.70. The summed E-state index contributed by atoms with van der Waals surface area (Å²) in [6, 6.07) is 3.87. The number of anilines is 2. The Kier molecular flexibility index (Phi) is 6.65. The molecule has 0 saturated carbocycles. The highest BCUT2D eigenvalue weighted by Gasteiger charge is 2.38. The van der Waals surface area contributed by atoms with Gasteiger partial charge in [0, 0.05) is 18.8 Å². The van der Waals surface area contributed by atoms with E-state index in [9.17, 15) is 22.8 Å². The molecule has 130 valence electrons. The molecule has 5 nitrogen and oxygen atoms in total. The lowest BCUT2D eigenvalue weighted by Crippen LogP contribution is -2.30. The number of benzene rings is 1. The van der Waals surface area contributed by atoms with Crippen molar-refractivity contribution in [3.63, 3.8) is 0 Å². The molecule has 0 aliphatic heterocycles. The van der Waals surface area contributed by atoms with E-state index in [2.05, 4.69) is 5.92 Å². The minimum atomic E-state index is -5.03. The summed E-state index contributed by atoms with van der Waals surface area (Å²) < 4.78 is 41.9. The molecule has 0 radical (unpaired) electrons. The minimum absolute atomic E-state index is 0.0222. The van der Waals surface area contributed by atoms with Crippen LogP contribution in [0.25, 0.3) is 0 Å². The second kappa shape index (κ2) is 8.24. The van der Waals surface area contributed by atoms with Crippen molar-refractivity contribution >= 4 is 23.3 Å². The zero-order valence-corrected chi connectivity index (χ0v) is 13.2. The Labute approximate surface area is 137 Å². The Morgan fingerprint density at radius 1 is 1.29 bits per heavy atom. The van der Waals surface area contributed by atoms with Crippen LogP contribution in [-0.2, 0) is 9.53 Å². The van der Waals surface area contributed by atoms with Crippen LogP contribution >= 0.6 is 0 Å². The predicted octanol–water partition coefficient (Wildman–Crippen LogP) is 2.82. The van der Waals surface area contributed by atoms with E-state index in [0.717, 1.165) is 6.07 Å². The molecule has 0 aliphatic rings. The fourth-order valence-electron chi connectivity index (χ4n) is 2.00. The summed E-state index contributed by atoms with van der Waals surface area (Å²) in [6.45, 7) is 4.59. The lowest BCUT2D eigenvalue weighted by Gasteiger charge is -2.24. The van der Waals surface area contributed by atoms with Crippen LogP contribution in [-0.4, -0.2) is 37.7 Å². The fraction of sp³-hybridized carbons (Fsp3) is 0.375. The Hall–Kier alpha value is -2.69. The molecule has 1 aromatic rings. The number of hydrogen-bond acceptors (Lipinski definition) is 4. The SMILES string of the molecule is C#CCOC(=O)c1cc(NC(=O)C(F)(F)F)ccc1N(CC)CC. The van der Waals surface area contributed by atoms with Crippen molar-refractivity contribution in [3.8, 4) is 12.3 Å². The summed E-state index contributed by atoms with van der Waals surface area (Å²) in [5.74, 6) is -0.767. The van der Waals surface area contributed by atoms with Crippen LogP contribution in [0.4, 0.5) is 24.5 Å². The Bertz CT molecular complexity index is 647. The van der Waals surface area contributed by atoms with E-state index in [1.54, 1.807) is 5.32 Å². The first-order valence-electron chi connectivity index (χ1n) is 7.12. The van der Waals surface area contributed by atoms with Gasteiger partial charge in [0.25, 0.3) is 0 Å². The highest BCUT2D eigenvalue weighted by molar-refractivity contribution is 6.00. The van der Waals surface area contributed by atoms with Crippen molar-refractivity contribution in [1.29, 1.82) is 0 Å². The van der Waals surface area contributed by atoms with Gasteiger partial charge in [-0.25, -0.2) is 4.79 Å². The average Bonchev–Trinajstić information content (AvgIpc) is 2.53. The molecular weight excluding hydrogens is 325 g/mol. The molecule has 0 atom stereocenters. The van der Waals surface area contributed by atoms with E-state index in [1.165, 1.54) is 12.1 Å². The summed E-state index contributed by atoms with van der Waals surface area (Å²) in [4.78, 5) is 25.0. The number of amides is 1. The molecule has 0 aromatic heterocycles. The van der Waals surface area contributed by atoms with E-state index >= 15 is 0 Å². The van der Waals surface area contributed by atoms with Gasteiger partial charge in [-0.05, 0) is 32.0 Å². The first-order valence-corrected chi connectivity index (χ1v) is 7.12. The molecule has 24 heavy (non-hydrogen) atoms. The van der Waals surface area contributed by atoms with Crippen LogP contribution in [0, 0.1) is 12.3 Å². The van der Waals surface area contributed by atoms with E-state index < -0.39 is 18.1 Å². The summed E-state index contributed by atoms with van der Waals surface area (Å²) in [7, 11) is 0. The second-order valence-electron chi connectivity index (χ2n) is 4.64. The molecule has 1 aromatic carbocycles. The maximum absolute atomic E-state index is 12.3. The quantitative estimate of drug-likeness (QED) is 0.638. The zero-order valence-electron chi connectivity index (χ0n) is 13.2. The fourth-order valence-corrected chi connectivity index (χ4v) is 2.00. The highest BCUT2D eigenvalue weighted by atomic mass is 19.4. The topological polar surface area (TPSA) is 58.6 Å². The Morgan fingerprint density at radius 2 is 1.92 bits per heavy atom. The number of terminal acetylenes is 1. The molecule has 0 saturated heterocycles. The molecular formula is C16H17F3N2O3. The number of carbonyl (C=O) groups excluding carboxylic acids is 2. The second-order valence-corrected chi connectivity index (χ2v) is 4.64. The number of ether oxygens (including phenoxy) is 1. The lowest BCUT2D eigenvalue weighted by atomic mass is 10.1. The number of esters is 1. The van der Waals surface area contributed by atoms with Crippen LogP contribution in [0.5, 0.6) is 0 Å². The van der Waals surface area contributed by atoms with E-state index in [1.807, 2.05) is 18.7 Å². The average molecular weight is 342 g/mol. The smallest absolute Gasteiger partial charge is 0.449 e. The van der Waals surface area contributed by atoms with Crippen molar-refractivity contribution in [3.05, 3.63) is 23.8 Å². The van der Waals surface area contributed by atoms with Crippen molar-refractivity contribution in [2.75, 3.05) is 29.9 Å². The summed E-state index contributed by atoms with van der Waals surface area (Å²) in [6.07, 6.45) is 0.00300. The third-order valence-corrected chi connectivity index (χ3v) is 3.12. The van der Waals surface area contributed by atoms with Gasteiger partial charge in [-0.1, -0.05) is 5.92 Å². The number of nitrogens with zero attached hydrogens (tertiary/aromatic N) is 1. The number of halogens is 3. The van der Waals surface area contributed by atoms with Gasteiger partial charge in [-0.3, -0.25) is 4.79 Å². The maximum atomic E-state index is 12.3. The van der Waals surface area contributed by atoms with Crippen LogP contribution in [0.1, 0.15) is 24.2 Å². The first-order chi connectivity index (χ1) is 11.2. The molecule has 0 aliphatic carbocycles. The molecule has 0 fully saturated rings. The van der Waals surface area contributed by atoms with Gasteiger partial charge in [0.2, 0.25) is 0 Å². The van der Waals surface area contributed by atoms with Gasteiger partial charge < -0.3 is 15.0 Å².